The van der Waals surface area contributed by atoms with Crippen LogP contribution in [0.25, 0.3) is 0 Å². The maximum absolute atomic E-state index is 12.6. The monoisotopic (exact) mass is 363 g/mol. The van der Waals surface area contributed by atoms with Crippen LogP contribution < -0.4 is 10.2 Å². The number of benzene rings is 2. The number of para-hydroxylation sites is 1. The van der Waals surface area contributed by atoms with Crippen molar-refractivity contribution in [2.24, 2.45) is 5.92 Å². The Morgan fingerprint density at radius 2 is 1.81 bits per heavy atom. The molecule has 0 aromatic heterocycles. The van der Waals surface area contributed by atoms with Crippen molar-refractivity contribution >= 4 is 11.6 Å². The van der Waals surface area contributed by atoms with Crippen molar-refractivity contribution in [3.05, 3.63) is 65.7 Å². The molecule has 142 valence electrons. The van der Waals surface area contributed by atoms with Gasteiger partial charge in [-0.05, 0) is 68.1 Å². The van der Waals surface area contributed by atoms with Crippen LogP contribution in [-0.4, -0.2) is 43.5 Å². The summed E-state index contributed by atoms with van der Waals surface area (Å²) >= 11 is 0. The number of rotatable bonds is 6. The summed E-state index contributed by atoms with van der Waals surface area (Å²) in [7, 11) is 0. The summed E-state index contributed by atoms with van der Waals surface area (Å²) in [4.78, 5) is 17.5. The van der Waals surface area contributed by atoms with E-state index in [1.165, 1.54) is 37.2 Å². The van der Waals surface area contributed by atoms with Crippen molar-refractivity contribution in [1.82, 2.24) is 10.2 Å². The quantitative estimate of drug-likeness (QED) is 0.853. The van der Waals surface area contributed by atoms with Crippen LogP contribution in [0.4, 0.5) is 5.69 Å². The first kappa shape index (κ1) is 18.1. The number of carbonyl (C=O) groups excluding carboxylic acids is 1. The number of likely N-dealkylation sites (tertiary alicyclic amines) is 1. The second-order valence-corrected chi connectivity index (χ2v) is 7.83. The van der Waals surface area contributed by atoms with Gasteiger partial charge < -0.3 is 10.2 Å². The van der Waals surface area contributed by atoms with Crippen LogP contribution in [0.15, 0.2) is 54.6 Å². The van der Waals surface area contributed by atoms with Gasteiger partial charge in [-0.15, -0.1) is 0 Å². The molecule has 1 atom stereocenters. The maximum Gasteiger partial charge on any atom is 0.251 e. The standard InChI is InChI=1S/C23H29N3O/c27-23(21-8-6-7-19(15-21)17-25-12-4-5-13-25)24-16-20-11-14-26(18-20)22-9-2-1-3-10-22/h1-3,6-10,15,20H,4-5,11-14,16-18H2,(H,24,27). The summed E-state index contributed by atoms with van der Waals surface area (Å²) in [5, 5.41) is 3.15. The third kappa shape index (κ3) is 4.69. The lowest BCUT2D eigenvalue weighted by atomic mass is 10.1. The molecule has 4 heteroatoms. The molecule has 0 spiro atoms. The van der Waals surface area contributed by atoms with Crippen molar-refractivity contribution in [3.63, 3.8) is 0 Å². The second kappa shape index (κ2) is 8.57. The summed E-state index contributed by atoms with van der Waals surface area (Å²) < 4.78 is 0. The van der Waals surface area contributed by atoms with E-state index in [0.717, 1.165) is 38.2 Å². The fraction of sp³-hybridized carbons (Fsp3) is 0.435. The Hall–Kier alpha value is -2.33. The van der Waals surface area contributed by atoms with E-state index in [2.05, 4.69) is 57.6 Å². The lowest BCUT2D eigenvalue weighted by Crippen LogP contribution is -2.31. The van der Waals surface area contributed by atoms with Crippen LogP contribution >= 0.6 is 0 Å². The highest BCUT2D eigenvalue weighted by molar-refractivity contribution is 5.94. The topological polar surface area (TPSA) is 35.6 Å². The molecule has 1 unspecified atom stereocenters. The smallest absolute Gasteiger partial charge is 0.251 e. The Bertz CT molecular complexity index is 755. The van der Waals surface area contributed by atoms with E-state index >= 15 is 0 Å². The zero-order chi connectivity index (χ0) is 18.5. The van der Waals surface area contributed by atoms with E-state index in [1.54, 1.807) is 0 Å². The van der Waals surface area contributed by atoms with Crippen molar-refractivity contribution in [2.75, 3.05) is 37.6 Å². The highest BCUT2D eigenvalue weighted by Gasteiger charge is 2.23. The molecule has 2 fully saturated rings. The molecule has 27 heavy (non-hydrogen) atoms. The fourth-order valence-corrected chi connectivity index (χ4v) is 4.22. The van der Waals surface area contributed by atoms with Gasteiger partial charge in [-0.1, -0.05) is 30.3 Å². The SMILES string of the molecule is O=C(NCC1CCN(c2ccccc2)C1)c1cccc(CN2CCCC2)c1. The average Bonchev–Trinajstić information content (AvgIpc) is 3.39. The first-order valence-electron chi connectivity index (χ1n) is 10.2. The summed E-state index contributed by atoms with van der Waals surface area (Å²) in [6, 6.07) is 18.6. The molecule has 0 saturated carbocycles. The molecule has 2 aromatic rings. The zero-order valence-corrected chi connectivity index (χ0v) is 15.9. The van der Waals surface area contributed by atoms with Gasteiger partial charge in [-0.3, -0.25) is 9.69 Å². The van der Waals surface area contributed by atoms with Crippen LogP contribution in [0, 0.1) is 5.92 Å². The minimum atomic E-state index is 0.0523. The molecule has 0 aliphatic carbocycles. The summed E-state index contributed by atoms with van der Waals surface area (Å²) in [6.07, 6.45) is 3.72. The average molecular weight is 364 g/mol. The Balaban J connectivity index is 1.28. The molecule has 0 bridgehead atoms. The van der Waals surface area contributed by atoms with Crippen molar-refractivity contribution in [2.45, 2.75) is 25.8 Å². The van der Waals surface area contributed by atoms with Gasteiger partial charge in [-0.25, -0.2) is 0 Å². The van der Waals surface area contributed by atoms with Gasteiger partial charge in [0.05, 0.1) is 0 Å². The predicted molar refractivity (Wildman–Crippen MR) is 110 cm³/mol. The van der Waals surface area contributed by atoms with E-state index in [0.29, 0.717) is 5.92 Å². The number of carbonyl (C=O) groups is 1. The molecule has 2 aromatic carbocycles. The lowest BCUT2D eigenvalue weighted by Gasteiger charge is -2.19. The van der Waals surface area contributed by atoms with Gasteiger partial charge in [0.15, 0.2) is 0 Å². The Labute approximate surface area is 162 Å². The molecule has 1 amide bonds. The maximum atomic E-state index is 12.6. The molecular formula is C23H29N3O. The minimum absolute atomic E-state index is 0.0523. The van der Waals surface area contributed by atoms with Crippen molar-refractivity contribution < 1.29 is 4.79 Å². The normalized spacial score (nSPS) is 20.1. The molecule has 2 heterocycles. The number of nitrogens with one attached hydrogen (secondary N) is 1. The van der Waals surface area contributed by atoms with E-state index in [9.17, 15) is 4.79 Å². The molecule has 2 aliphatic heterocycles. The van der Waals surface area contributed by atoms with Gasteiger partial charge in [0.2, 0.25) is 0 Å². The van der Waals surface area contributed by atoms with Crippen LogP contribution in [0.3, 0.4) is 0 Å². The second-order valence-electron chi connectivity index (χ2n) is 7.83. The van der Waals surface area contributed by atoms with Crippen LogP contribution in [0.2, 0.25) is 0 Å². The van der Waals surface area contributed by atoms with Crippen LogP contribution in [0.5, 0.6) is 0 Å². The third-order valence-corrected chi connectivity index (χ3v) is 5.75. The van der Waals surface area contributed by atoms with Crippen molar-refractivity contribution in [3.8, 4) is 0 Å². The summed E-state index contributed by atoms with van der Waals surface area (Å²) in [6.45, 7) is 6.13. The molecule has 2 aliphatic rings. The first-order chi connectivity index (χ1) is 13.3. The number of hydrogen-bond donors (Lipinski definition) is 1. The van der Waals surface area contributed by atoms with Crippen LogP contribution in [-0.2, 0) is 6.54 Å². The largest absolute Gasteiger partial charge is 0.371 e. The summed E-state index contributed by atoms with van der Waals surface area (Å²) in [5.74, 6) is 0.568. The van der Waals surface area contributed by atoms with Gasteiger partial charge in [0.25, 0.3) is 5.91 Å². The van der Waals surface area contributed by atoms with E-state index < -0.39 is 0 Å². The minimum Gasteiger partial charge on any atom is -0.371 e. The zero-order valence-electron chi connectivity index (χ0n) is 15.9. The predicted octanol–water partition coefficient (Wildman–Crippen LogP) is 3.54. The third-order valence-electron chi connectivity index (χ3n) is 5.75. The Morgan fingerprint density at radius 1 is 1.00 bits per heavy atom. The van der Waals surface area contributed by atoms with E-state index in [-0.39, 0.29) is 5.91 Å². The van der Waals surface area contributed by atoms with E-state index in [4.69, 9.17) is 0 Å². The van der Waals surface area contributed by atoms with Gasteiger partial charge >= 0.3 is 0 Å². The highest BCUT2D eigenvalue weighted by Crippen LogP contribution is 2.23. The van der Waals surface area contributed by atoms with Crippen molar-refractivity contribution in [1.29, 1.82) is 0 Å². The highest BCUT2D eigenvalue weighted by atomic mass is 16.1. The lowest BCUT2D eigenvalue weighted by molar-refractivity contribution is 0.0948. The fourth-order valence-electron chi connectivity index (χ4n) is 4.22. The number of anilines is 1. The molecular weight excluding hydrogens is 334 g/mol. The van der Waals surface area contributed by atoms with Gasteiger partial charge in [-0.2, -0.15) is 0 Å². The molecule has 2 saturated heterocycles. The first-order valence-corrected chi connectivity index (χ1v) is 10.2. The Morgan fingerprint density at radius 3 is 2.63 bits per heavy atom. The molecule has 4 rings (SSSR count). The molecule has 4 nitrogen and oxygen atoms in total. The van der Waals surface area contributed by atoms with Gasteiger partial charge in [0.1, 0.15) is 0 Å². The molecule has 0 radical (unpaired) electrons. The number of nitrogens with zero attached hydrogens (tertiary/aromatic N) is 2. The number of hydrogen-bond acceptors (Lipinski definition) is 3. The summed E-state index contributed by atoms with van der Waals surface area (Å²) in [5.41, 5.74) is 3.30. The number of amides is 1. The van der Waals surface area contributed by atoms with Crippen LogP contribution in [0.1, 0.15) is 35.2 Å². The molecule has 1 N–H and O–H groups in total. The Kier molecular flexibility index (Phi) is 5.73. The van der Waals surface area contributed by atoms with E-state index in [1.807, 2.05) is 12.1 Å². The van der Waals surface area contributed by atoms with Gasteiger partial charge in [0, 0.05) is 37.4 Å².